The Kier molecular flexibility index (Phi) is 8.01. The molecule has 158 valence electrons. The molecule has 0 atom stereocenters. The molecule has 7 heteroatoms. The van der Waals surface area contributed by atoms with Crippen LogP contribution in [0, 0.1) is 5.92 Å². The summed E-state index contributed by atoms with van der Waals surface area (Å²) in [4.78, 5) is 13.7. The zero-order valence-corrected chi connectivity index (χ0v) is 17.8. The average Bonchev–Trinajstić information content (AvgIpc) is 3.12. The summed E-state index contributed by atoms with van der Waals surface area (Å²) >= 11 is 0. The van der Waals surface area contributed by atoms with Gasteiger partial charge in [0.15, 0.2) is 11.6 Å². The molecule has 0 aliphatic carbocycles. The second-order valence-electron chi connectivity index (χ2n) is 8.12. The van der Waals surface area contributed by atoms with Gasteiger partial charge in [0.1, 0.15) is 5.69 Å². The molecule has 2 aliphatic heterocycles. The van der Waals surface area contributed by atoms with E-state index in [0.29, 0.717) is 18.4 Å². The fourth-order valence-corrected chi connectivity index (χ4v) is 4.15. The smallest absolute Gasteiger partial charge is 0.320 e. The van der Waals surface area contributed by atoms with E-state index >= 15 is 0 Å². The van der Waals surface area contributed by atoms with Crippen LogP contribution in [0.2, 0.25) is 0 Å². The summed E-state index contributed by atoms with van der Waals surface area (Å²) in [6, 6.07) is 0.400. The van der Waals surface area contributed by atoms with Crippen molar-refractivity contribution in [3.8, 4) is 6.01 Å². The molecule has 7 nitrogen and oxygen atoms in total. The van der Waals surface area contributed by atoms with E-state index in [0.717, 1.165) is 43.5 Å². The highest BCUT2D eigenvalue weighted by molar-refractivity contribution is 5.80. The minimum Gasteiger partial charge on any atom is -0.463 e. The zero-order chi connectivity index (χ0) is 19.8. The van der Waals surface area contributed by atoms with E-state index in [1.807, 2.05) is 0 Å². The van der Waals surface area contributed by atoms with Gasteiger partial charge in [-0.15, -0.1) is 0 Å². The van der Waals surface area contributed by atoms with Gasteiger partial charge in [0.2, 0.25) is 0 Å². The normalized spacial score (nSPS) is 17.6. The number of likely N-dealkylation sites (tertiary alicyclic amines) is 1. The van der Waals surface area contributed by atoms with E-state index in [1.54, 1.807) is 0 Å². The zero-order valence-electron chi connectivity index (χ0n) is 17.8. The average molecular weight is 391 g/mol. The van der Waals surface area contributed by atoms with Crippen LogP contribution in [-0.2, 0) is 0 Å². The van der Waals surface area contributed by atoms with Crippen molar-refractivity contribution < 1.29 is 4.74 Å². The monoisotopic (exact) mass is 390 g/mol. The third-order valence-electron chi connectivity index (χ3n) is 6.07. The Morgan fingerprint density at radius 1 is 1.11 bits per heavy atom. The topological polar surface area (TPSA) is 79.5 Å². The van der Waals surface area contributed by atoms with Crippen molar-refractivity contribution in [3.63, 3.8) is 0 Å². The van der Waals surface area contributed by atoms with Crippen molar-refractivity contribution in [3.05, 3.63) is 0 Å². The van der Waals surface area contributed by atoms with Crippen molar-refractivity contribution in [2.24, 2.45) is 5.92 Å². The molecule has 28 heavy (non-hydrogen) atoms. The molecule has 3 heterocycles. The van der Waals surface area contributed by atoms with Gasteiger partial charge in [-0.05, 0) is 51.2 Å². The highest BCUT2D eigenvalue weighted by Gasteiger charge is 2.24. The first-order valence-electron chi connectivity index (χ1n) is 11.2. The van der Waals surface area contributed by atoms with Gasteiger partial charge in [-0.1, -0.05) is 39.5 Å². The van der Waals surface area contributed by atoms with Gasteiger partial charge in [0, 0.05) is 6.54 Å². The summed E-state index contributed by atoms with van der Waals surface area (Å²) in [6.07, 6.45) is 10.0. The third kappa shape index (κ3) is 5.63. The predicted molar refractivity (Wildman–Crippen MR) is 116 cm³/mol. The highest BCUT2D eigenvalue weighted by atomic mass is 16.5. The molecular weight excluding hydrogens is 352 g/mol. The summed E-state index contributed by atoms with van der Waals surface area (Å²) in [5, 5.41) is 3.33. The second-order valence-corrected chi connectivity index (χ2v) is 8.12. The minimum atomic E-state index is 0.400. The van der Waals surface area contributed by atoms with Crippen LogP contribution >= 0.6 is 0 Å². The molecule has 0 unspecified atom stereocenters. The van der Waals surface area contributed by atoms with E-state index in [9.17, 15) is 0 Å². The molecule has 1 saturated heterocycles. The number of anilines is 3. The molecule has 1 fully saturated rings. The lowest BCUT2D eigenvalue weighted by atomic mass is 9.91. The van der Waals surface area contributed by atoms with Crippen LogP contribution in [0.25, 0.3) is 0 Å². The summed E-state index contributed by atoms with van der Waals surface area (Å²) in [6.45, 7) is 10.6. The Bertz CT molecular complexity index is 603. The first kappa shape index (κ1) is 21.0. The molecule has 0 spiro atoms. The van der Waals surface area contributed by atoms with E-state index in [4.69, 9.17) is 10.5 Å². The lowest BCUT2D eigenvalue weighted by Crippen LogP contribution is -2.33. The molecule has 3 N–H and O–H groups in total. The Labute approximate surface area is 170 Å². The van der Waals surface area contributed by atoms with Crippen molar-refractivity contribution in [2.75, 3.05) is 55.4 Å². The number of nitrogens with zero attached hydrogens (tertiary/aromatic N) is 4. The maximum Gasteiger partial charge on any atom is 0.320 e. The SMILES string of the molecule is CCCCOc1nc(N)c2c(n1)N(CCCCCC1CCN(CC)CC1)CN2. The lowest BCUT2D eigenvalue weighted by molar-refractivity contribution is 0.184. The Balaban J connectivity index is 1.39. The third-order valence-corrected chi connectivity index (χ3v) is 6.07. The van der Waals surface area contributed by atoms with E-state index < -0.39 is 0 Å². The lowest BCUT2D eigenvalue weighted by Gasteiger charge is -2.31. The van der Waals surface area contributed by atoms with Crippen LogP contribution < -0.4 is 20.7 Å². The number of hydrogen-bond acceptors (Lipinski definition) is 7. The fourth-order valence-electron chi connectivity index (χ4n) is 4.15. The van der Waals surface area contributed by atoms with Gasteiger partial charge in [-0.25, -0.2) is 0 Å². The number of nitrogens with one attached hydrogen (secondary N) is 1. The van der Waals surface area contributed by atoms with E-state index in [2.05, 4.69) is 38.9 Å². The number of ether oxygens (including phenoxy) is 1. The first-order valence-corrected chi connectivity index (χ1v) is 11.2. The number of rotatable bonds is 11. The quantitative estimate of drug-likeness (QED) is 0.557. The molecular formula is C21H38N6O. The summed E-state index contributed by atoms with van der Waals surface area (Å²) in [7, 11) is 0. The molecule has 0 aromatic carbocycles. The molecule has 0 bridgehead atoms. The molecule has 1 aromatic rings. The molecule has 3 rings (SSSR count). The van der Waals surface area contributed by atoms with Crippen molar-refractivity contribution in [2.45, 2.75) is 65.2 Å². The fraction of sp³-hybridized carbons (Fsp3) is 0.810. The summed E-state index contributed by atoms with van der Waals surface area (Å²) < 4.78 is 5.67. The maximum absolute atomic E-state index is 6.09. The maximum atomic E-state index is 6.09. The number of unbranched alkanes of at least 4 members (excludes halogenated alkanes) is 3. The summed E-state index contributed by atoms with van der Waals surface area (Å²) in [5.74, 6) is 2.32. The van der Waals surface area contributed by atoms with Crippen LogP contribution in [0.5, 0.6) is 6.01 Å². The Hall–Kier alpha value is -1.76. The van der Waals surface area contributed by atoms with Crippen molar-refractivity contribution >= 4 is 17.3 Å². The minimum absolute atomic E-state index is 0.400. The number of aromatic nitrogens is 2. The Morgan fingerprint density at radius 3 is 2.68 bits per heavy atom. The molecule has 0 amide bonds. The number of fused-ring (bicyclic) bond motifs is 1. The number of piperidine rings is 1. The van der Waals surface area contributed by atoms with E-state index in [1.165, 1.54) is 58.2 Å². The van der Waals surface area contributed by atoms with Gasteiger partial charge in [-0.3, -0.25) is 0 Å². The molecule has 0 radical (unpaired) electrons. The van der Waals surface area contributed by atoms with Crippen molar-refractivity contribution in [1.29, 1.82) is 0 Å². The summed E-state index contributed by atoms with van der Waals surface area (Å²) in [5.41, 5.74) is 6.95. The van der Waals surface area contributed by atoms with Crippen LogP contribution in [-0.4, -0.2) is 54.3 Å². The van der Waals surface area contributed by atoms with Gasteiger partial charge in [-0.2, -0.15) is 9.97 Å². The second kappa shape index (κ2) is 10.7. The molecule has 0 saturated carbocycles. The highest BCUT2D eigenvalue weighted by Crippen LogP contribution is 2.35. The number of nitrogen functional groups attached to an aromatic ring is 1. The largest absolute Gasteiger partial charge is 0.463 e. The predicted octanol–water partition coefficient (Wildman–Crippen LogP) is 3.72. The van der Waals surface area contributed by atoms with Crippen LogP contribution in [0.3, 0.4) is 0 Å². The first-order chi connectivity index (χ1) is 13.7. The van der Waals surface area contributed by atoms with Gasteiger partial charge < -0.3 is 25.6 Å². The number of hydrogen-bond donors (Lipinski definition) is 2. The van der Waals surface area contributed by atoms with Crippen LogP contribution in [0.1, 0.15) is 65.2 Å². The van der Waals surface area contributed by atoms with E-state index in [-0.39, 0.29) is 0 Å². The van der Waals surface area contributed by atoms with Gasteiger partial charge >= 0.3 is 6.01 Å². The van der Waals surface area contributed by atoms with Crippen LogP contribution in [0.15, 0.2) is 0 Å². The van der Waals surface area contributed by atoms with Crippen LogP contribution in [0.4, 0.5) is 17.3 Å². The molecule has 1 aromatic heterocycles. The van der Waals surface area contributed by atoms with Crippen molar-refractivity contribution in [1.82, 2.24) is 14.9 Å². The standard InChI is InChI=1S/C21H38N6O/c1-3-5-15-28-21-24-19(22)18-20(25-21)27(16-23-18)12-8-6-7-9-17-10-13-26(4-2)14-11-17/h17,23H,3-16H2,1-2H3,(H2,22,24,25). The Morgan fingerprint density at radius 2 is 1.93 bits per heavy atom. The van der Waals surface area contributed by atoms with Gasteiger partial charge in [0.05, 0.1) is 13.3 Å². The number of nitrogens with two attached hydrogens (primary N) is 1. The van der Waals surface area contributed by atoms with Gasteiger partial charge in [0.25, 0.3) is 0 Å². The molecule has 2 aliphatic rings.